The van der Waals surface area contributed by atoms with Crippen LogP contribution in [0.25, 0.3) is 0 Å². The van der Waals surface area contributed by atoms with Crippen molar-refractivity contribution in [3.63, 3.8) is 0 Å². The molecular weight excluding hydrogens is 413 g/mol. The fourth-order valence-corrected chi connectivity index (χ4v) is 2.88. The molecule has 2 aromatic carbocycles. The first kappa shape index (κ1) is 18.0. The number of benzene rings is 2. The van der Waals surface area contributed by atoms with Crippen LogP contribution in [0.2, 0.25) is 0 Å². The monoisotopic (exact) mass is 431 g/mol. The summed E-state index contributed by atoms with van der Waals surface area (Å²) in [6.07, 6.45) is 1.57. The van der Waals surface area contributed by atoms with Gasteiger partial charge in [0.15, 0.2) is 0 Å². The maximum atomic E-state index is 12.3. The molecule has 0 fully saturated rings. The Bertz CT molecular complexity index is 794. The molecule has 4 nitrogen and oxygen atoms in total. The van der Waals surface area contributed by atoms with Crippen molar-refractivity contribution < 1.29 is 4.79 Å². The number of halogens is 1. The number of hydrogen-bond acceptors (Lipinski definition) is 3. The van der Waals surface area contributed by atoms with E-state index in [4.69, 9.17) is 0 Å². The van der Waals surface area contributed by atoms with Gasteiger partial charge in [-0.25, -0.2) is 0 Å². The van der Waals surface area contributed by atoms with Crippen molar-refractivity contribution >= 4 is 34.2 Å². The Kier molecular flexibility index (Phi) is 6.38. The maximum absolute atomic E-state index is 12.3. The van der Waals surface area contributed by atoms with E-state index in [9.17, 15) is 10.1 Å². The van der Waals surface area contributed by atoms with Gasteiger partial charge in [-0.05, 0) is 58.8 Å². The molecule has 0 aromatic heterocycles. The van der Waals surface area contributed by atoms with E-state index in [1.807, 2.05) is 73.5 Å². The summed E-state index contributed by atoms with van der Waals surface area (Å²) < 4.78 is 1.10. The summed E-state index contributed by atoms with van der Waals surface area (Å²) in [6, 6.07) is 17.6. The Labute approximate surface area is 155 Å². The van der Waals surface area contributed by atoms with Crippen molar-refractivity contribution in [2.75, 3.05) is 12.4 Å². The van der Waals surface area contributed by atoms with Gasteiger partial charge in [-0.2, -0.15) is 5.26 Å². The van der Waals surface area contributed by atoms with Crippen LogP contribution in [0, 0.1) is 21.8 Å². The number of hydrogen-bond donors (Lipinski definition) is 1. The molecule has 0 aliphatic carbocycles. The molecule has 1 N–H and O–H groups in total. The van der Waals surface area contributed by atoms with E-state index in [0.29, 0.717) is 12.2 Å². The lowest BCUT2D eigenvalue weighted by Crippen LogP contribution is -2.18. The second kappa shape index (κ2) is 8.50. The zero-order valence-electron chi connectivity index (χ0n) is 13.6. The zero-order valence-corrected chi connectivity index (χ0v) is 15.7. The number of nitrogens with zero attached hydrogens (tertiary/aromatic N) is 2. The molecule has 24 heavy (non-hydrogen) atoms. The SMILES string of the molecule is Cc1cc(I)ccc1NC(=O)/C(C#N)=C\N(C)Cc1ccccc1. The minimum Gasteiger partial charge on any atom is -0.375 e. The summed E-state index contributed by atoms with van der Waals surface area (Å²) in [5.41, 5.74) is 2.87. The van der Waals surface area contributed by atoms with Crippen LogP contribution in [-0.2, 0) is 11.3 Å². The standard InChI is InChI=1S/C19H18IN3O/c1-14-10-17(20)8-9-18(14)22-19(24)16(11-21)13-23(2)12-15-6-4-3-5-7-15/h3-10,13H,12H2,1-2H3,(H,22,24)/b16-13-. The van der Waals surface area contributed by atoms with Crippen molar-refractivity contribution in [1.82, 2.24) is 4.90 Å². The molecule has 2 aromatic rings. The van der Waals surface area contributed by atoms with Crippen molar-refractivity contribution in [3.8, 4) is 6.07 Å². The molecule has 0 heterocycles. The smallest absolute Gasteiger partial charge is 0.267 e. The van der Waals surface area contributed by atoms with Crippen LogP contribution in [-0.4, -0.2) is 17.9 Å². The summed E-state index contributed by atoms with van der Waals surface area (Å²) in [4.78, 5) is 14.2. The van der Waals surface area contributed by atoms with Crippen LogP contribution >= 0.6 is 22.6 Å². The quantitative estimate of drug-likeness (QED) is 0.441. The lowest BCUT2D eigenvalue weighted by molar-refractivity contribution is -0.112. The van der Waals surface area contributed by atoms with Gasteiger partial charge in [-0.3, -0.25) is 4.79 Å². The summed E-state index contributed by atoms with van der Waals surface area (Å²) in [5.74, 6) is -0.401. The van der Waals surface area contributed by atoms with Gasteiger partial charge in [0.05, 0.1) is 0 Å². The normalized spacial score (nSPS) is 10.8. The van der Waals surface area contributed by atoms with E-state index in [2.05, 4.69) is 27.9 Å². The molecule has 122 valence electrons. The molecule has 0 aliphatic rings. The van der Waals surface area contributed by atoms with Crippen LogP contribution < -0.4 is 5.32 Å². The third-order valence-electron chi connectivity index (χ3n) is 3.43. The van der Waals surface area contributed by atoms with Gasteiger partial charge in [-0.1, -0.05) is 30.3 Å². The van der Waals surface area contributed by atoms with Gasteiger partial charge in [-0.15, -0.1) is 0 Å². The molecule has 0 aliphatic heterocycles. The van der Waals surface area contributed by atoms with E-state index in [1.54, 1.807) is 6.20 Å². The van der Waals surface area contributed by atoms with E-state index >= 15 is 0 Å². The fraction of sp³-hybridized carbons (Fsp3) is 0.158. The third-order valence-corrected chi connectivity index (χ3v) is 4.10. The number of carbonyl (C=O) groups excluding carboxylic acids is 1. The second-order valence-corrected chi connectivity index (χ2v) is 6.71. The Morgan fingerprint density at radius 3 is 2.62 bits per heavy atom. The van der Waals surface area contributed by atoms with Gasteiger partial charge in [0, 0.05) is 29.0 Å². The van der Waals surface area contributed by atoms with Crippen molar-refractivity contribution in [3.05, 3.63) is 75.0 Å². The minimum absolute atomic E-state index is 0.0754. The van der Waals surface area contributed by atoms with E-state index < -0.39 is 5.91 Å². The van der Waals surface area contributed by atoms with Gasteiger partial charge in [0.25, 0.3) is 5.91 Å². The number of carbonyl (C=O) groups is 1. The van der Waals surface area contributed by atoms with Crippen molar-refractivity contribution in [1.29, 1.82) is 5.26 Å². The topological polar surface area (TPSA) is 56.1 Å². The predicted molar refractivity (Wildman–Crippen MR) is 104 cm³/mol. The summed E-state index contributed by atoms with van der Waals surface area (Å²) in [7, 11) is 1.84. The van der Waals surface area contributed by atoms with Crippen molar-refractivity contribution in [2.45, 2.75) is 13.5 Å². The van der Waals surface area contributed by atoms with Crippen LogP contribution in [0.4, 0.5) is 5.69 Å². The number of amides is 1. The molecule has 2 rings (SSSR count). The molecule has 0 saturated carbocycles. The summed E-state index contributed by atoms with van der Waals surface area (Å²) in [6.45, 7) is 2.55. The fourth-order valence-electron chi connectivity index (χ4n) is 2.23. The molecule has 5 heteroatoms. The highest BCUT2D eigenvalue weighted by Crippen LogP contribution is 2.18. The molecular formula is C19H18IN3O. The molecule has 0 saturated heterocycles. The second-order valence-electron chi connectivity index (χ2n) is 5.47. The number of aryl methyl sites for hydroxylation is 1. The van der Waals surface area contributed by atoms with Crippen LogP contribution in [0.5, 0.6) is 0 Å². The van der Waals surface area contributed by atoms with E-state index in [-0.39, 0.29) is 5.57 Å². The third kappa shape index (κ3) is 5.10. The average molecular weight is 431 g/mol. The Hall–Kier alpha value is -2.33. The summed E-state index contributed by atoms with van der Waals surface area (Å²) >= 11 is 2.22. The number of anilines is 1. The molecule has 0 unspecified atom stereocenters. The highest BCUT2D eigenvalue weighted by molar-refractivity contribution is 14.1. The van der Waals surface area contributed by atoms with Gasteiger partial charge in [0.1, 0.15) is 11.6 Å². The highest BCUT2D eigenvalue weighted by atomic mass is 127. The summed E-state index contributed by atoms with van der Waals surface area (Å²) in [5, 5.41) is 12.1. The van der Waals surface area contributed by atoms with E-state index in [1.165, 1.54) is 0 Å². The van der Waals surface area contributed by atoms with E-state index in [0.717, 1.165) is 14.7 Å². The number of nitriles is 1. The van der Waals surface area contributed by atoms with Gasteiger partial charge < -0.3 is 10.2 Å². The average Bonchev–Trinajstić information content (AvgIpc) is 2.56. The van der Waals surface area contributed by atoms with Crippen LogP contribution in [0.15, 0.2) is 60.3 Å². The molecule has 0 bridgehead atoms. The first-order chi connectivity index (χ1) is 11.5. The van der Waals surface area contributed by atoms with Gasteiger partial charge in [0.2, 0.25) is 0 Å². The lowest BCUT2D eigenvalue weighted by Gasteiger charge is -2.15. The highest BCUT2D eigenvalue weighted by Gasteiger charge is 2.12. The lowest BCUT2D eigenvalue weighted by atomic mass is 10.2. The van der Waals surface area contributed by atoms with Crippen LogP contribution in [0.1, 0.15) is 11.1 Å². The molecule has 0 spiro atoms. The Morgan fingerprint density at radius 2 is 2.00 bits per heavy atom. The van der Waals surface area contributed by atoms with Gasteiger partial charge >= 0.3 is 0 Å². The first-order valence-electron chi connectivity index (χ1n) is 7.43. The van der Waals surface area contributed by atoms with Crippen LogP contribution in [0.3, 0.4) is 0 Å². The molecule has 0 atom stereocenters. The zero-order chi connectivity index (χ0) is 17.5. The minimum atomic E-state index is -0.401. The Balaban J connectivity index is 2.09. The largest absolute Gasteiger partial charge is 0.375 e. The first-order valence-corrected chi connectivity index (χ1v) is 8.51. The maximum Gasteiger partial charge on any atom is 0.267 e. The Morgan fingerprint density at radius 1 is 1.29 bits per heavy atom. The molecule has 0 radical (unpaired) electrons. The predicted octanol–water partition coefficient (Wildman–Crippen LogP) is 4.08. The van der Waals surface area contributed by atoms with Crippen molar-refractivity contribution in [2.24, 2.45) is 0 Å². The number of rotatable bonds is 5. The molecule has 1 amide bonds. The number of nitrogens with one attached hydrogen (secondary N) is 1.